The maximum absolute atomic E-state index is 12.8. The molecule has 2 heterocycles. The summed E-state index contributed by atoms with van der Waals surface area (Å²) in [5.41, 5.74) is 1.67. The SMILES string of the molecule is C=CCCc1ccccc1NC(=O)N1C[C@H](C)O[C@@]2(CCOC2)C1. The zero-order valence-electron chi connectivity index (χ0n) is 14.3. The summed E-state index contributed by atoms with van der Waals surface area (Å²) in [6.45, 7) is 8.23. The van der Waals surface area contributed by atoms with Gasteiger partial charge in [0.25, 0.3) is 0 Å². The fraction of sp³-hybridized carbons (Fsp3) is 0.526. The molecule has 0 radical (unpaired) electrons. The van der Waals surface area contributed by atoms with Crippen molar-refractivity contribution in [1.82, 2.24) is 4.90 Å². The van der Waals surface area contributed by atoms with E-state index in [2.05, 4.69) is 11.9 Å². The molecule has 5 nitrogen and oxygen atoms in total. The first-order chi connectivity index (χ1) is 11.6. The predicted octanol–water partition coefficient (Wildman–Crippen LogP) is 3.22. The van der Waals surface area contributed by atoms with Crippen molar-refractivity contribution in [3.8, 4) is 0 Å². The standard InChI is InChI=1S/C19H26N2O3/c1-3-4-7-16-8-5-6-9-17(16)20-18(22)21-12-15(2)24-19(13-21)10-11-23-14-19/h3,5-6,8-9,15H,1,4,7,10-14H2,2H3,(H,20,22)/t15-,19-/m0/s1. The summed E-state index contributed by atoms with van der Waals surface area (Å²) in [5.74, 6) is 0. The average molecular weight is 330 g/mol. The number of benzene rings is 1. The topological polar surface area (TPSA) is 50.8 Å². The monoisotopic (exact) mass is 330 g/mol. The van der Waals surface area contributed by atoms with Gasteiger partial charge in [0.1, 0.15) is 5.60 Å². The summed E-state index contributed by atoms with van der Waals surface area (Å²) in [7, 11) is 0. The fourth-order valence-corrected chi connectivity index (χ4v) is 3.50. The number of urea groups is 1. The van der Waals surface area contributed by atoms with Crippen molar-refractivity contribution in [2.45, 2.75) is 37.9 Å². The number of aryl methyl sites for hydroxylation is 1. The van der Waals surface area contributed by atoms with E-state index in [0.717, 1.165) is 30.5 Å². The number of nitrogens with zero attached hydrogens (tertiary/aromatic N) is 1. The van der Waals surface area contributed by atoms with E-state index in [1.807, 2.05) is 42.2 Å². The molecule has 130 valence electrons. The number of nitrogens with one attached hydrogen (secondary N) is 1. The Morgan fingerprint density at radius 1 is 1.50 bits per heavy atom. The summed E-state index contributed by atoms with van der Waals surface area (Å²) in [6.07, 6.45) is 4.52. The van der Waals surface area contributed by atoms with Crippen molar-refractivity contribution in [2.24, 2.45) is 0 Å². The largest absolute Gasteiger partial charge is 0.378 e. The Morgan fingerprint density at radius 3 is 3.08 bits per heavy atom. The van der Waals surface area contributed by atoms with Gasteiger partial charge in [0, 0.05) is 25.3 Å². The Bertz CT molecular complexity index is 596. The molecule has 5 heteroatoms. The molecule has 2 atom stereocenters. The van der Waals surface area contributed by atoms with Crippen molar-refractivity contribution in [2.75, 3.05) is 31.6 Å². The van der Waals surface area contributed by atoms with Gasteiger partial charge in [0.15, 0.2) is 0 Å². The number of para-hydroxylation sites is 1. The van der Waals surface area contributed by atoms with Crippen molar-refractivity contribution in [3.63, 3.8) is 0 Å². The summed E-state index contributed by atoms with van der Waals surface area (Å²) < 4.78 is 11.6. The van der Waals surface area contributed by atoms with Gasteiger partial charge < -0.3 is 19.7 Å². The maximum atomic E-state index is 12.8. The molecule has 0 aromatic heterocycles. The molecule has 2 amide bonds. The molecule has 1 aromatic rings. The maximum Gasteiger partial charge on any atom is 0.322 e. The third-order valence-electron chi connectivity index (χ3n) is 4.64. The zero-order valence-corrected chi connectivity index (χ0v) is 14.3. The average Bonchev–Trinajstić information content (AvgIpc) is 3.00. The molecular weight excluding hydrogens is 304 g/mol. The van der Waals surface area contributed by atoms with Gasteiger partial charge in [-0.15, -0.1) is 6.58 Å². The van der Waals surface area contributed by atoms with E-state index in [9.17, 15) is 4.79 Å². The summed E-state index contributed by atoms with van der Waals surface area (Å²) in [4.78, 5) is 14.6. The number of hydrogen-bond donors (Lipinski definition) is 1. The van der Waals surface area contributed by atoms with Crippen LogP contribution >= 0.6 is 0 Å². The number of carbonyl (C=O) groups excluding carboxylic acids is 1. The quantitative estimate of drug-likeness (QED) is 0.863. The highest BCUT2D eigenvalue weighted by Crippen LogP contribution is 2.30. The molecule has 1 spiro atoms. The molecule has 24 heavy (non-hydrogen) atoms. The molecule has 2 aliphatic heterocycles. The molecule has 2 saturated heterocycles. The van der Waals surface area contributed by atoms with E-state index in [1.54, 1.807) is 0 Å². The van der Waals surface area contributed by atoms with E-state index in [0.29, 0.717) is 26.3 Å². The van der Waals surface area contributed by atoms with Gasteiger partial charge in [-0.2, -0.15) is 0 Å². The predicted molar refractivity (Wildman–Crippen MR) is 94.3 cm³/mol. The summed E-state index contributed by atoms with van der Waals surface area (Å²) in [6, 6.07) is 7.88. The lowest BCUT2D eigenvalue weighted by Crippen LogP contribution is -2.57. The molecule has 2 fully saturated rings. The van der Waals surface area contributed by atoms with Crippen LogP contribution in [0.3, 0.4) is 0 Å². The van der Waals surface area contributed by atoms with Crippen LogP contribution in [0.2, 0.25) is 0 Å². The second-order valence-electron chi connectivity index (χ2n) is 6.71. The van der Waals surface area contributed by atoms with Crippen molar-refractivity contribution in [1.29, 1.82) is 0 Å². The van der Waals surface area contributed by atoms with Gasteiger partial charge in [-0.25, -0.2) is 4.79 Å². The van der Waals surface area contributed by atoms with Crippen LogP contribution in [-0.4, -0.2) is 48.9 Å². The third kappa shape index (κ3) is 3.79. The normalized spacial score (nSPS) is 26.5. The van der Waals surface area contributed by atoms with Gasteiger partial charge >= 0.3 is 6.03 Å². The summed E-state index contributed by atoms with van der Waals surface area (Å²) in [5, 5.41) is 3.07. The molecule has 0 bridgehead atoms. The first-order valence-corrected chi connectivity index (χ1v) is 8.62. The Kier molecular flexibility index (Phi) is 5.21. The third-order valence-corrected chi connectivity index (χ3v) is 4.64. The van der Waals surface area contributed by atoms with Crippen molar-refractivity contribution >= 4 is 11.7 Å². The molecular formula is C19H26N2O3. The van der Waals surface area contributed by atoms with Crippen LogP contribution in [-0.2, 0) is 15.9 Å². The molecule has 1 aromatic carbocycles. The van der Waals surface area contributed by atoms with E-state index >= 15 is 0 Å². The number of amides is 2. The molecule has 0 aliphatic carbocycles. The second kappa shape index (κ2) is 7.36. The van der Waals surface area contributed by atoms with Crippen LogP contribution < -0.4 is 5.32 Å². The molecule has 0 saturated carbocycles. The fourth-order valence-electron chi connectivity index (χ4n) is 3.50. The highest BCUT2D eigenvalue weighted by molar-refractivity contribution is 5.90. The van der Waals surface area contributed by atoms with E-state index in [1.165, 1.54) is 0 Å². The van der Waals surface area contributed by atoms with Crippen LogP contribution in [0.15, 0.2) is 36.9 Å². The lowest BCUT2D eigenvalue weighted by Gasteiger charge is -2.42. The van der Waals surface area contributed by atoms with Gasteiger partial charge in [0.05, 0.1) is 19.3 Å². The molecule has 3 rings (SSSR count). The number of allylic oxidation sites excluding steroid dienone is 1. The van der Waals surface area contributed by atoms with Crippen LogP contribution in [0.5, 0.6) is 0 Å². The van der Waals surface area contributed by atoms with Gasteiger partial charge in [0.2, 0.25) is 0 Å². The first-order valence-electron chi connectivity index (χ1n) is 8.62. The number of ether oxygens (including phenoxy) is 2. The summed E-state index contributed by atoms with van der Waals surface area (Å²) >= 11 is 0. The highest BCUT2D eigenvalue weighted by atomic mass is 16.6. The number of anilines is 1. The van der Waals surface area contributed by atoms with Crippen LogP contribution in [0, 0.1) is 0 Å². The van der Waals surface area contributed by atoms with Crippen LogP contribution in [0.4, 0.5) is 10.5 Å². The van der Waals surface area contributed by atoms with Gasteiger partial charge in [-0.3, -0.25) is 0 Å². The highest BCUT2D eigenvalue weighted by Gasteiger charge is 2.44. The minimum Gasteiger partial charge on any atom is -0.378 e. The van der Waals surface area contributed by atoms with Crippen molar-refractivity contribution in [3.05, 3.63) is 42.5 Å². The Hall–Kier alpha value is -1.85. The van der Waals surface area contributed by atoms with Gasteiger partial charge in [-0.05, 0) is 31.4 Å². The number of hydrogen-bond acceptors (Lipinski definition) is 3. The Morgan fingerprint density at radius 2 is 2.33 bits per heavy atom. The second-order valence-corrected chi connectivity index (χ2v) is 6.71. The molecule has 1 N–H and O–H groups in total. The lowest BCUT2D eigenvalue weighted by atomic mass is 9.99. The van der Waals surface area contributed by atoms with Crippen LogP contribution in [0.1, 0.15) is 25.3 Å². The lowest BCUT2D eigenvalue weighted by molar-refractivity contribution is -0.136. The van der Waals surface area contributed by atoms with E-state index < -0.39 is 0 Å². The Labute approximate surface area is 143 Å². The van der Waals surface area contributed by atoms with E-state index in [-0.39, 0.29) is 17.7 Å². The minimum absolute atomic E-state index is 0.0159. The zero-order chi connectivity index (χ0) is 17.0. The molecule has 0 unspecified atom stereocenters. The van der Waals surface area contributed by atoms with E-state index in [4.69, 9.17) is 9.47 Å². The number of rotatable bonds is 4. The molecule has 2 aliphatic rings. The number of morpholine rings is 1. The van der Waals surface area contributed by atoms with Crippen LogP contribution in [0.25, 0.3) is 0 Å². The Balaban J connectivity index is 1.69. The number of carbonyl (C=O) groups is 1. The minimum atomic E-state index is -0.336. The first kappa shape index (κ1) is 17.0. The smallest absolute Gasteiger partial charge is 0.322 e. The van der Waals surface area contributed by atoms with Crippen molar-refractivity contribution < 1.29 is 14.3 Å². The van der Waals surface area contributed by atoms with Gasteiger partial charge in [-0.1, -0.05) is 24.3 Å².